The van der Waals surface area contributed by atoms with E-state index in [2.05, 4.69) is 5.32 Å². The van der Waals surface area contributed by atoms with Crippen molar-refractivity contribution in [2.45, 2.75) is 18.9 Å². The molecule has 34 heavy (non-hydrogen) atoms. The highest BCUT2D eigenvalue weighted by Gasteiger charge is 2.62. The summed E-state index contributed by atoms with van der Waals surface area (Å²) in [6, 6.07) is 17.6. The zero-order chi connectivity index (χ0) is 23.9. The average Bonchev–Trinajstić information content (AvgIpc) is 2.84. The molecule has 0 bridgehead atoms. The molecule has 0 aromatic heterocycles. The van der Waals surface area contributed by atoms with E-state index in [9.17, 15) is 23.5 Å². The monoisotopic (exact) mass is 463 g/mol. The van der Waals surface area contributed by atoms with Crippen LogP contribution in [0.15, 0.2) is 72.8 Å². The standard InChI is InChI=1S/C26H23F2N3O3/c27-18-6-8-21(9-7-18)31-23(17-4-10-22(32)11-5-17)26(24(31)33)12-14-30(15-13-26)25(34)29-20-3-1-2-19(28)16-20/h1-11,16,23,32H,12-15H2,(H,29,34). The largest absolute Gasteiger partial charge is 0.508 e. The van der Waals surface area contributed by atoms with Crippen LogP contribution in [-0.4, -0.2) is 35.0 Å². The van der Waals surface area contributed by atoms with E-state index < -0.39 is 11.2 Å². The SMILES string of the molecule is O=C(Nc1cccc(F)c1)N1CCC2(CC1)C(=O)N(c1ccc(F)cc1)C2c1ccc(O)cc1. The van der Waals surface area contributed by atoms with Crippen molar-refractivity contribution in [3.63, 3.8) is 0 Å². The number of piperidine rings is 1. The maximum atomic E-state index is 13.5. The Balaban J connectivity index is 1.37. The summed E-state index contributed by atoms with van der Waals surface area (Å²) in [5.41, 5.74) is 1.12. The highest BCUT2D eigenvalue weighted by Crippen LogP contribution is 2.57. The fourth-order valence-electron chi connectivity index (χ4n) is 5.01. The van der Waals surface area contributed by atoms with Crippen LogP contribution in [0, 0.1) is 17.0 Å². The van der Waals surface area contributed by atoms with Gasteiger partial charge in [0.2, 0.25) is 5.91 Å². The molecule has 3 amide bonds. The molecule has 0 saturated carbocycles. The Morgan fingerprint density at radius 1 is 0.941 bits per heavy atom. The molecule has 5 rings (SSSR count). The summed E-state index contributed by atoms with van der Waals surface area (Å²) >= 11 is 0. The van der Waals surface area contributed by atoms with Gasteiger partial charge in [0.15, 0.2) is 0 Å². The zero-order valence-corrected chi connectivity index (χ0v) is 18.2. The number of carbonyl (C=O) groups is 2. The minimum Gasteiger partial charge on any atom is -0.508 e. The summed E-state index contributed by atoms with van der Waals surface area (Å²) in [5.74, 6) is -0.763. The van der Waals surface area contributed by atoms with Crippen LogP contribution in [0.5, 0.6) is 5.75 Å². The molecule has 1 unspecified atom stereocenters. The number of β-lactam (4-membered cyclic amide) rings is 1. The second kappa shape index (κ2) is 8.44. The minimum atomic E-state index is -0.707. The fraction of sp³-hybridized carbons (Fsp3) is 0.231. The summed E-state index contributed by atoms with van der Waals surface area (Å²) in [6.07, 6.45) is 0.900. The van der Waals surface area contributed by atoms with Gasteiger partial charge >= 0.3 is 6.03 Å². The second-order valence-corrected chi connectivity index (χ2v) is 8.73. The Labute approximate surface area is 195 Å². The molecule has 2 N–H and O–H groups in total. The number of phenols is 1. The number of amides is 3. The van der Waals surface area contributed by atoms with Crippen molar-refractivity contribution in [1.29, 1.82) is 0 Å². The average molecular weight is 463 g/mol. The van der Waals surface area contributed by atoms with Crippen molar-refractivity contribution in [2.75, 3.05) is 23.3 Å². The van der Waals surface area contributed by atoms with Gasteiger partial charge in [-0.3, -0.25) is 4.79 Å². The van der Waals surface area contributed by atoms with Crippen molar-refractivity contribution in [2.24, 2.45) is 5.41 Å². The van der Waals surface area contributed by atoms with Crippen LogP contribution >= 0.6 is 0 Å². The molecule has 0 radical (unpaired) electrons. The molecule has 2 saturated heterocycles. The molecular weight excluding hydrogens is 440 g/mol. The maximum absolute atomic E-state index is 13.5. The van der Waals surface area contributed by atoms with Gasteiger partial charge in [-0.25, -0.2) is 13.6 Å². The van der Waals surface area contributed by atoms with Gasteiger partial charge < -0.3 is 20.2 Å². The first-order valence-electron chi connectivity index (χ1n) is 11.1. The van der Waals surface area contributed by atoms with Crippen LogP contribution < -0.4 is 10.2 Å². The number of urea groups is 1. The van der Waals surface area contributed by atoms with E-state index in [1.165, 1.54) is 30.3 Å². The number of benzene rings is 3. The predicted octanol–water partition coefficient (Wildman–Crippen LogP) is 5.07. The van der Waals surface area contributed by atoms with E-state index in [0.717, 1.165) is 5.56 Å². The Hall–Kier alpha value is -3.94. The Bertz CT molecular complexity index is 1220. The lowest BCUT2D eigenvalue weighted by atomic mass is 9.62. The first-order valence-corrected chi connectivity index (χ1v) is 11.1. The first kappa shape index (κ1) is 21.9. The Morgan fingerprint density at radius 2 is 1.62 bits per heavy atom. The number of anilines is 2. The zero-order valence-electron chi connectivity index (χ0n) is 18.2. The van der Waals surface area contributed by atoms with Crippen molar-refractivity contribution in [3.8, 4) is 5.75 Å². The number of nitrogens with zero attached hydrogens (tertiary/aromatic N) is 2. The molecule has 174 valence electrons. The molecule has 1 atom stereocenters. The van der Waals surface area contributed by atoms with Gasteiger partial charge in [-0.05, 0) is 73.0 Å². The third-order valence-electron chi connectivity index (χ3n) is 6.76. The number of aromatic hydroxyl groups is 1. The van der Waals surface area contributed by atoms with E-state index in [4.69, 9.17) is 0 Å². The van der Waals surface area contributed by atoms with Crippen LogP contribution in [-0.2, 0) is 4.79 Å². The number of phenolic OH excluding ortho intramolecular Hbond substituents is 1. The lowest BCUT2D eigenvalue weighted by Crippen LogP contribution is -2.67. The number of halogens is 2. The van der Waals surface area contributed by atoms with Crippen molar-refractivity contribution in [3.05, 3.63) is 90.0 Å². The number of rotatable bonds is 3. The van der Waals surface area contributed by atoms with Crippen molar-refractivity contribution in [1.82, 2.24) is 4.90 Å². The molecule has 8 heteroatoms. The van der Waals surface area contributed by atoms with Crippen LogP contribution in [0.1, 0.15) is 24.4 Å². The summed E-state index contributed by atoms with van der Waals surface area (Å²) in [5, 5.41) is 12.4. The third-order valence-corrected chi connectivity index (χ3v) is 6.76. The lowest BCUT2D eigenvalue weighted by Gasteiger charge is -2.59. The molecule has 2 heterocycles. The van der Waals surface area contributed by atoms with Gasteiger partial charge in [-0.1, -0.05) is 18.2 Å². The van der Waals surface area contributed by atoms with Crippen LogP contribution in [0.25, 0.3) is 0 Å². The Morgan fingerprint density at radius 3 is 2.26 bits per heavy atom. The topological polar surface area (TPSA) is 72.9 Å². The maximum Gasteiger partial charge on any atom is 0.321 e. The summed E-state index contributed by atoms with van der Waals surface area (Å²) in [7, 11) is 0. The van der Waals surface area contributed by atoms with E-state index in [1.807, 2.05) is 0 Å². The highest BCUT2D eigenvalue weighted by molar-refractivity contribution is 6.06. The molecule has 0 aliphatic carbocycles. The molecule has 3 aromatic carbocycles. The van der Waals surface area contributed by atoms with Gasteiger partial charge in [0.25, 0.3) is 0 Å². The van der Waals surface area contributed by atoms with Gasteiger partial charge in [-0.15, -0.1) is 0 Å². The van der Waals surface area contributed by atoms with Gasteiger partial charge in [0.05, 0.1) is 11.5 Å². The lowest BCUT2D eigenvalue weighted by molar-refractivity contribution is -0.144. The van der Waals surface area contributed by atoms with Crippen LogP contribution in [0.2, 0.25) is 0 Å². The summed E-state index contributed by atoms with van der Waals surface area (Å²) in [4.78, 5) is 29.5. The number of hydrogen-bond acceptors (Lipinski definition) is 3. The number of nitrogens with one attached hydrogen (secondary N) is 1. The van der Waals surface area contributed by atoms with E-state index >= 15 is 0 Å². The van der Waals surface area contributed by atoms with Gasteiger partial charge in [0, 0.05) is 24.5 Å². The molecule has 2 aliphatic heterocycles. The molecule has 2 fully saturated rings. The third kappa shape index (κ3) is 3.75. The fourth-order valence-corrected chi connectivity index (χ4v) is 5.01. The molecule has 1 spiro atoms. The van der Waals surface area contributed by atoms with Gasteiger partial charge in [-0.2, -0.15) is 0 Å². The molecule has 6 nitrogen and oxygen atoms in total. The minimum absolute atomic E-state index is 0.0672. The van der Waals surface area contributed by atoms with Crippen molar-refractivity contribution >= 4 is 23.3 Å². The molecule has 2 aliphatic rings. The Kier molecular flexibility index (Phi) is 5.43. The second-order valence-electron chi connectivity index (χ2n) is 8.73. The summed E-state index contributed by atoms with van der Waals surface area (Å²) < 4.78 is 26.9. The van der Waals surface area contributed by atoms with Crippen LogP contribution in [0.4, 0.5) is 25.0 Å². The number of likely N-dealkylation sites (tertiary alicyclic amines) is 1. The van der Waals surface area contributed by atoms with Gasteiger partial charge in [0.1, 0.15) is 17.4 Å². The summed E-state index contributed by atoms with van der Waals surface area (Å²) in [6.45, 7) is 0.720. The van der Waals surface area contributed by atoms with Crippen molar-refractivity contribution < 1.29 is 23.5 Å². The quantitative estimate of drug-likeness (QED) is 0.533. The normalized spacial score (nSPS) is 19.1. The predicted molar refractivity (Wildman–Crippen MR) is 123 cm³/mol. The number of carbonyl (C=O) groups excluding carboxylic acids is 2. The van der Waals surface area contributed by atoms with E-state index in [1.54, 1.807) is 52.3 Å². The first-order chi connectivity index (χ1) is 16.4. The molecular formula is C26H23F2N3O3. The smallest absolute Gasteiger partial charge is 0.321 e. The van der Waals surface area contributed by atoms with E-state index in [0.29, 0.717) is 37.3 Å². The van der Waals surface area contributed by atoms with E-state index in [-0.39, 0.29) is 29.5 Å². The van der Waals surface area contributed by atoms with Crippen LogP contribution in [0.3, 0.4) is 0 Å². The number of hydrogen-bond donors (Lipinski definition) is 2. The highest BCUT2D eigenvalue weighted by atomic mass is 19.1. The molecule has 3 aromatic rings.